The second-order valence-electron chi connectivity index (χ2n) is 5.64. The molecule has 0 bridgehead atoms. The molecule has 1 saturated heterocycles. The molecular formula is C14H18ClFN2O3S. The van der Waals surface area contributed by atoms with Crippen LogP contribution in [-0.4, -0.2) is 50.9 Å². The number of likely N-dealkylation sites (N-methyl/N-ethyl adjacent to an activating group) is 1. The highest BCUT2D eigenvalue weighted by Gasteiger charge is 2.28. The molecule has 22 heavy (non-hydrogen) atoms. The smallest absolute Gasteiger partial charge is 0.238 e. The van der Waals surface area contributed by atoms with Crippen LogP contribution < -0.4 is 5.32 Å². The van der Waals surface area contributed by atoms with Crippen LogP contribution in [-0.2, 0) is 14.6 Å². The summed E-state index contributed by atoms with van der Waals surface area (Å²) in [6.07, 6.45) is 0.637. The van der Waals surface area contributed by atoms with Gasteiger partial charge in [-0.3, -0.25) is 9.69 Å². The molecule has 0 saturated carbocycles. The van der Waals surface area contributed by atoms with Gasteiger partial charge < -0.3 is 5.32 Å². The molecule has 1 atom stereocenters. The van der Waals surface area contributed by atoms with E-state index in [-0.39, 0.29) is 34.9 Å². The van der Waals surface area contributed by atoms with Gasteiger partial charge in [0.1, 0.15) is 5.82 Å². The van der Waals surface area contributed by atoms with Crippen LogP contribution >= 0.6 is 11.6 Å². The second-order valence-corrected chi connectivity index (χ2v) is 8.27. The van der Waals surface area contributed by atoms with Crippen LogP contribution in [0.4, 0.5) is 10.1 Å². The fraction of sp³-hybridized carbons (Fsp3) is 0.500. The molecule has 1 amide bonds. The summed E-state index contributed by atoms with van der Waals surface area (Å²) < 4.78 is 35.7. The van der Waals surface area contributed by atoms with Crippen molar-refractivity contribution in [2.24, 2.45) is 5.92 Å². The van der Waals surface area contributed by atoms with E-state index in [0.29, 0.717) is 18.7 Å². The van der Waals surface area contributed by atoms with Crippen LogP contribution in [0.3, 0.4) is 0 Å². The highest BCUT2D eigenvalue weighted by Crippen LogP contribution is 2.22. The van der Waals surface area contributed by atoms with Crippen molar-refractivity contribution in [3.63, 3.8) is 0 Å². The van der Waals surface area contributed by atoms with Crippen LogP contribution in [0.1, 0.15) is 6.42 Å². The predicted octanol–water partition coefficient (Wildman–Crippen LogP) is 1.78. The number of sulfone groups is 1. The Morgan fingerprint density at radius 2 is 2.23 bits per heavy atom. The van der Waals surface area contributed by atoms with E-state index >= 15 is 0 Å². The molecule has 1 aliphatic heterocycles. The average Bonchev–Trinajstić information content (AvgIpc) is 2.71. The maximum Gasteiger partial charge on any atom is 0.238 e. The van der Waals surface area contributed by atoms with Crippen molar-refractivity contribution < 1.29 is 17.6 Å². The Hall–Kier alpha value is -1.18. The molecule has 1 aromatic carbocycles. The number of hydrogen-bond acceptors (Lipinski definition) is 4. The second kappa shape index (κ2) is 6.93. The summed E-state index contributed by atoms with van der Waals surface area (Å²) >= 11 is 5.84. The minimum Gasteiger partial charge on any atom is -0.324 e. The van der Waals surface area contributed by atoms with E-state index < -0.39 is 15.7 Å². The molecule has 1 fully saturated rings. The predicted molar refractivity (Wildman–Crippen MR) is 84.3 cm³/mol. The Morgan fingerprint density at radius 3 is 2.82 bits per heavy atom. The average molecular weight is 349 g/mol. The molecule has 0 aromatic heterocycles. The molecule has 0 radical (unpaired) electrons. The maximum atomic E-state index is 12.9. The first kappa shape index (κ1) is 17.2. The zero-order valence-corrected chi connectivity index (χ0v) is 13.8. The zero-order valence-electron chi connectivity index (χ0n) is 12.2. The normalized spacial score (nSPS) is 20.3. The molecular weight excluding hydrogens is 331 g/mol. The van der Waals surface area contributed by atoms with E-state index in [1.165, 1.54) is 12.1 Å². The third kappa shape index (κ3) is 4.93. The van der Waals surface area contributed by atoms with Gasteiger partial charge in [-0.1, -0.05) is 11.6 Å². The van der Waals surface area contributed by atoms with Crippen LogP contribution in [0.15, 0.2) is 18.2 Å². The zero-order chi connectivity index (χ0) is 16.3. The third-order valence-corrected chi connectivity index (χ3v) is 5.67. The lowest BCUT2D eigenvalue weighted by molar-refractivity contribution is -0.117. The van der Waals surface area contributed by atoms with Gasteiger partial charge in [0.15, 0.2) is 9.84 Å². The Morgan fingerprint density at radius 1 is 1.50 bits per heavy atom. The van der Waals surface area contributed by atoms with E-state index in [2.05, 4.69) is 5.32 Å². The molecule has 2 rings (SSSR count). The van der Waals surface area contributed by atoms with E-state index in [1.807, 2.05) is 0 Å². The fourth-order valence-corrected chi connectivity index (χ4v) is 4.61. The lowest BCUT2D eigenvalue weighted by Crippen LogP contribution is -2.34. The van der Waals surface area contributed by atoms with Gasteiger partial charge in [0.2, 0.25) is 5.91 Å². The molecule has 1 N–H and O–H groups in total. The van der Waals surface area contributed by atoms with Crippen molar-refractivity contribution in [1.82, 2.24) is 4.90 Å². The molecule has 122 valence electrons. The van der Waals surface area contributed by atoms with Gasteiger partial charge in [-0.25, -0.2) is 12.8 Å². The van der Waals surface area contributed by atoms with Gasteiger partial charge in [0, 0.05) is 6.54 Å². The minimum absolute atomic E-state index is 0.0669. The van der Waals surface area contributed by atoms with E-state index in [4.69, 9.17) is 11.6 Å². The van der Waals surface area contributed by atoms with Crippen LogP contribution in [0.2, 0.25) is 5.02 Å². The topological polar surface area (TPSA) is 66.5 Å². The summed E-state index contributed by atoms with van der Waals surface area (Å²) in [7, 11) is -1.15. The number of rotatable bonds is 5. The Balaban J connectivity index is 1.84. The van der Waals surface area contributed by atoms with E-state index in [9.17, 15) is 17.6 Å². The van der Waals surface area contributed by atoms with Crippen molar-refractivity contribution >= 4 is 33.0 Å². The van der Waals surface area contributed by atoms with E-state index in [1.54, 1.807) is 11.9 Å². The summed E-state index contributed by atoms with van der Waals surface area (Å²) in [5, 5.41) is 2.75. The quantitative estimate of drug-likeness (QED) is 0.881. The first-order chi connectivity index (χ1) is 10.2. The van der Waals surface area contributed by atoms with Gasteiger partial charge >= 0.3 is 0 Å². The number of carbonyl (C=O) groups is 1. The standard InChI is InChI=1S/C14H18ClFN2O3S/c1-18(7-10-4-5-22(20,21)9-10)8-14(19)17-13-3-2-11(16)6-12(13)15/h2-3,6,10H,4-5,7-9H2,1H3,(H,17,19)/t10-/m0/s1. The lowest BCUT2D eigenvalue weighted by Gasteiger charge is -2.19. The summed E-state index contributed by atoms with van der Waals surface area (Å²) in [5.74, 6) is -0.275. The fourth-order valence-electron chi connectivity index (χ4n) is 2.55. The lowest BCUT2D eigenvalue weighted by atomic mass is 10.1. The summed E-state index contributed by atoms with van der Waals surface area (Å²) in [5.41, 5.74) is 0.352. The highest BCUT2D eigenvalue weighted by molar-refractivity contribution is 7.91. The van der Waals surface area contributed by atoms with Crippen LogP contribution in [0, 0.1) is 11.7 Å². The Labute approximate surface area is 134 Å². The Bertz CT molecular complexity index is 666. The molecule has 1 aliphatic rings. The van der Waals surface area contributed by atoms with Gasteiger partial charge in [-0.05, 0) is 37.6 Å². The van der Waals surface area contributed by atoms with Crippen molar-refractivity contribution in [2.75, 3.05) is 37.0 Å². The highest BCUT2D eigenvalue weighted by atomic mass is 35.5. The number of halogens is 2. The monoisotopic (exact) mass is 348 g/mol. The number of benzene rings is 1. The number of hydrogen-bond donors (Lipinski definition) is 1. The SMILES string of the molecule is CN(CC(=O)Nc1ccc(F)cc1Cl)C[C@@H]1CCS(=O)(=O)C1. The van der Waals surface area contributed by atoms with Crippen molar-refractivity contribution in [3.05, 3.63) is 29.0 Å². The summed E-state index contributed by atoms with van der Waals surface area (Å²) in [6, 6.07) is 3.75. The van der Waals surface area contributed by atoms with Crippen molar-refractivity contribution in [1.29, 1.82) is 0 Å². The number of nitrogens with zero attached hydrogens (tertiary/aromatic N) is 1. The molecule has 5 nitrogen and oxygen atoms in total. The number of carbonyl (C=O) groups excluding carboxylic acids is 1. The summed E-state index contributed by atoms with van der Waals surface area (Å²) in [6.45, 7) is 0.661. The molecule has 0 unspecified atom stereocenters. The Kier molecular flexibility index (Phi) is 5.41. The molecule has 0 aliphatic carbocycles. The van der Waals surface area contributed by atoms with Crippen LogP contribution in [0.25, 0.3) is 0 Å². The summed E-state index contributed by atoms with van der Waals surface area (Å²) in [4.78, 5) is 13.7. The molecule has 8 heteroatoms. The van der Waals surface area contributed by atoms with Crippen molar-refractivity contribution in [3.8, 4) is 0 Å². The van der Waals surface area contributed by atoms with Gasteiger partial charge in [0.05, 0.1) is 28.8 Å². The van der Waals surface area contributed by atoms with Gasteiger partial charge in [0.25, 0.3) is 0 Å². The molecule has 1 heterocycles. The first-order valence-electron chi connectivity index (χ1n) is 6.89. The van der Waals surface area contributed by atoms with E-state index in [0.717, 1.165) is 6.07 Å². The number of nitrogens with one attached hydrogen (secondary N) is 1. The van der Waals surface area contributed by atoms with Gasteiger partial charge in [-0.2, -0.15) is 0 Å². The number of amides is 1. The van der Waals surface area contributed by atoms with Crippen LogP contribution in [0.5, 0.6) is 0 Å². The maximum absolute atomic E-state index is 12.9. The van der Waals surface area contributed by atoms with Crippen molar-refractivity contribution in [2.45, 2.75) is 6.42 Å². The molecule has 1 aromatic rings. The first-order valence-corrected chi connectivity index (χ1v) is 9.09. The van der Waals surface area contributed by atoms with Gasteiger partial charge in [-0.15, -0.1) is 0 Å². The minimum atomic E-state index is -2.91. The third-order valence-electron chi connectivity index (χ3n) is 3.52. The largest absolute Gasteiger partial charge is 0.324 e. The number of anilines is 1. The molecule has 0 spiro atoms.